The third-order valence-electron chi connectivity index (χ3n) is 5.61. The van der Waals surface area contributed by atoms with Gasteiger partial charge in [-0.2, -0.15) is 13.2 Å². The average molecular weight is 447 g/mol. The molecule has 1 atom stereocenters. The van der Waals surface area contributed by atoms with E-state index in [-0.39, 0.29) is 26.5 Å². The number of methoxy groups -OCH3 is 1. The number of thiophene rings is 1. The Hall–Kier alpha value is -3.14. The lowest BCUT2D eigenvalue weighted by Crippen LogP contribution is -2.40. The van der Waals surface area contributed by atoms with Gasteiger partial charge in [0.15, 0.2) is 0 Å². The minimum absolute atomic E-state index is 0.0527. The van der Waals surface area contributed by atoms with Crippen LogP contribution in [0.15, 0.2) is 30.3 Å². The highest BCUT2D eigenvalue weighted by Gasteiger charge is 2.43. The fourth-order valence-electron chi connectivity index (χ4n) is 4.12. The van der Waals surface area contributed by atoms with Gasteiger partial charge in [0.1, 0.15) is 21.5 Å². The van der Waals surface area contributed by atoms with Gasteiger partial charge >= 0.3 is 6.18 Å². The molecule has 0 saturated carbocycles. The van der Waals surface area contributed by atoms with E-state index in [0.29, 0.717) is 30.7 Å². The Kier molecular flexibility index (Phi) is 4.44. The van der Waals surface area contributed by atoms with E-state index >= 15 is 0 Å². The largest absolute Gasteiger partial charge is 0.497 e. The van der Waals surface area contributed by atoms with E-state index in [1.165, 1.54) is 12.0 Å². The monoisotopic (exact) mass is 447 g/mol. The summed E-state index contributed by atoms with van der Waals surface area (Å²) in [6.45, 7) is 0.404. The predicted octanol–water partition coefficient (Wildman–Crippen LogP) is 4.55. The summed E-state index contributed by atoms with van der Waals surface area (Å²) < 4.78 is 47.3. The maximum absolute atomic E-state index is 14.1. The number of rotatable bonds is 2. The number of halogens is 3. The molecular formula is C21H16F3N3O3S. The normalized spacial score (nSPS) is 18.6. The Morgan fingerprint density at radius 3 is 2.65 bits per heavy atom. The molecule has 2 aromatic heterocycles. The van der Waals surface area contributed by atoms with Crippen molar-refractivity contribution in [2.24, 2.45) is 0 Å². The number of benzene rings is 1. The van der Waals surface area contributed by atoms with Crippen LogP contribution in [0.4, 0.5) is 18.9 Å². The Balaban J connectivity index is 1.74. The molecule has 1 N–H and O–H groups in total. The van der Waals surface area contributed by atoms with Gasteiger partial charge in [-0.25, -0.2) is 4.98 Å². The zero-order valence-corrected chi connectivity index (χ0v) is 17.1. The van der Waals surface area contributed by atoms with Gasteiger partial charge < -0.3 is 15.0 Å². The summed E-state index contributed by atoms with van der Waals surface area (Å²) in [5, 5.41) is 2.34. The number of aromatic nitrogens is 1. The molecule has 6 nitrogen and oxygen atoms in total. The molecule has 1 aromatic carbocycles. The molecule has 1 fully saturated rings. The number of alkyl halides is 3. The van der Waals surface area contributed by atoms with Crippen molar-refractivity contribution in [1.82, 2.24) is 9.88 Å². The lowest BCUT2D eigenvalue weighted by molar-refractivity contribution is -0.136. The average Bonchev–Trinajstić information content (AvgIpc) is 3.35. The molecule has 2 amide bonds. The maximum atomic E-state index is 14.1. The molecule has 160 valence electrons. The van der Waals surface area contributed by atoms with Gasteiger partial charge in [0.05, 0.1) is 24.1 Å². The number of carbonyl (C=O) groups excluding carboxylic acids is 2. The van der Waals surface area contributed by atoms with Crippen LogP contribution >= 0.6 is 11.3 Å². The lowest BCUT2D eigenvalue weighted by Gasteiger charge is -2.19. The summed E-state index contributed by atoms with van der Waals surface area (Å²) in [5.41, 5.74) is -0.426. The van der Waals surface area contributed by atoms with Crippen LogP contribution < -0.4 is 10.1 Å². The fraction of sp³-hybridized carbons (Fsp3) is 0.286. The molecule has 31 heavy (non-hydrogen) atoms. The second kappa shape index (κ2) is 6.94. The number of nitrogens with zero attached hydrogens (tertiary/aromatic N) is 2. The summed E-state index contributed by atoms with van der Waals surface area (Å²) in [4.78, 5) is 31.7. The molecule has 0 radical (unpaired) electrons. The van der Waals surface area contributed by atoms with Crippen molar-refractivity contribution in [2.75, 3.05) is 19.0 Å². The topological polar surface area (TPSA) is 71.5 Å². The molecule has 0 spiro atoms. The Bertz CT molecular complexity index is 1220. The Labute approximate surface area is 178 Å². The zero-order valence-electron chi connectivity index (χ0n) is 16.2. The van der Waals surface area contributed by atoms with Crippen LogP contribution in [-0.4, -0.2) is 41.4 Å². The Morgan fingerprint density at radius 2 is 1.97 bits per heavy atom. The highest BCUT2D eigenvalue weighted by Crippen LogP contribution is 2.46. The number of nitrogens with one attached hydrogen (secondary N) is 1. The van der Waals surface area contributed by atoms with Gasteiger partial charge in [-0.3, -0.25) is 9.59 Å². The van der Waals surface area contributed by atoms with Crippen LogP contribution in [0, 0.1) is 0 Å². The molecular weight excluding hydrogens is 431 g/mol. The van der Waals surface area contributed by atoms with Crippen LogP contribution in [0.2, 0.25) is 0 Å². The predicted molar refractivity (Wildman–Crippen MR) is 109 cm³/mol. The van der Waals surface area contributed by atoms with Gasteiger partial charge in [0.2, 0.25) is 5.91 Å². The summed E-state index contributed by atoms with van der Waals surface area (Å²) >= 11 is 0.877. The number of pyridine rings is 1. The summed E-state index contributed by atoms with van der Waals surface area (Å²) in [5.74, 6) is -0.327. The van der Waals surface area contributed by atoms with E-state index in [2.05, 4.69) is 10.3 Å². The number of ether oxygens (including phenoxy) is 1. The second-order valence-electron chi connectivity index (χ2n) is 7.41. The highest BCUT2D eigenvalue weighted by molar-refractivity contribution is 7.21. The van der Waals surface area contributed by atoms with Gasteiger partial charge in [0, 0.05) is 17.5 Å². The molecule has 0 aliphatic carbocycles. The molecule has 3 aromatic rings. The van der Waals surface area contributed by atoms with E-state index in [4.69, 9.17) is 4.74 Å². The molecule has 5 rings (SSSR count). The third-order valence-corrected chi connectivity index (χ3v) is 6.68. The quantitative estimate of drug-likeness (QED) is 0.626. The fourth-order valence-corrected chi connectivity index (χ4v) is 5.23. The van der Waals surface area contributed by atoms with Gasteiger partial charge in [-0.1, -0.05) is 0 Å². The van der Waals surface area contributed by atoms with Crippen LogP contribution in [0.1, 0.15) is 28.1 Å². The van der Waals surface area contributed by atoms with E-state index in [9.17, 15) is 22.8 Å². The number of amides is 2. The first kappa shape index (κ1) is 19.8. The van der Waals surface area contributed by atoms with E-state index in [1.54, 1.807) is 24.3 Å². The highest BCUT2D eigenvalue weighted by atomic mass is 32.1. The van der Waals surface area contributed by atoms with Crippen molar-refractivity contribution in [2.45, 2.75) is 25.1 Å². The first-order valence-corrected chi connectivity index (χ1v) is 10.4. The maximum Gasteiger partial charge on any atom is 0.417 e. The van der Waals surface area contributed by atoms with Gasteiger partial charge in [0.25, 0.3) is 5.91 Å². The summed E-state index contributed by atoms with van der Waals surface area (Å²) in [7, 11) is 1.50. The van der Waals surface area contributed by atoms with Crippen molar-refractivity contribution >= 4 is 39.1 Å². The van der Waals surface area contributed by atoms with E-state index < -0.39 is 29.6 Å². The van der Waals surface area contributed by atoms with Crippen molar-refractivity contribution in [3.63, 3.8) is 0 Å². The van der Waals surface area contributed by atoms with Crippen LogP contribution in [0.25, 0.3) is 21.5 Å². The van der Waals surface area contributed by atoms with Crippen LogP contribution in [-0.2, 0) is 11.0 Å². The number of carbonyl (C=O) groups is 2. The number of anilines is 1. The lowest BCUT2D eigenvalue weighted by atomic mass is 10.0. The SMILES string of the molecule is COc1ccc(-c2cc(C(F)(F)F)c3c4c(sc3n2)C(=O)N2CCC[C@@H]2C(=O)N4)cc1. The smallest absolute Gasteiger partial charge is 0.417 e. The molecule has 4 heterocycles. The summed E-state index contributed by atoms with van der Waals surface area (Å²) in [6, 6.07) is 6.81. The van der Waals surface area contributed by atoms with Crippen molar-refractivity contribution in [3.8, 4) is 17.0 Å². The first-order chi connectivity index (χ1) is 14.8. The van der Waals surface area contributed by atoms with Crippen molar-refractivity contribution in [1.29, 1.82) is 0 Å². The molecule has 10 heteroatoms. The molecule has 0 bridgehead atoms. The molecule has 0 unspecified atom stereocenters. The number of fused-ring (bicyclic) bond motifs is 4. The van der Waals surface area contributed by atoms with Crippen molar-refractivity contribution in [3.05, 3.63) is 40.8 Å². The van der Waals surface area contributed by atoms with Crippen LogP contribution in [0.3, 0.4) is 0 Å². The Morgan fingerprint density at radius 1 is 1.23 bits per heavy atom. The number of hydrogen-bond donors (Lipinski definition) is 1. The van der Waals surface area contributed by atoms with Gasteiger partial charge in [-0.05, 0) is 43.2 Å². The first-order valence-electron chi connectivity index (χ1n) is 9.59. The van der Waals surface area contributed by atoms with E-state index in [1.807, 2.05) is 0 Å². The standard InChI is InChI=1S/C21H16F3N3O3S/c1-30-11-6-4-10(5-7-11)13-9-12(21(22,23)24)15-16-17(31-19(15)25-13)20(29)27-8-2-3-14(27)18(28)26-16/h4-7,9,14H,2-3,8H2,1H3,(H,26,28)/t14-/m1/s1. The minimum atomic E-state index is -4.70. The minimum Gasteiger partial charge on any atom is -0.497 e. The zero-order chi connectivity index (χ0) is 21.9. The van der Waals surface area contributed by atoms with Crippen molar-refractivity contribution < 1.29 is 27.5 Å². The second-order valence-corrected chi connectivity index (χ2v) is 8.41. The summed E-state index contributed by atoms with van der Waals surface area (Å²) in [6.07, 6.45) is -3.53. The molecule has 2 aliphatic heterocycles. The van der Waals surface area contributed by atoms with Gasteiger partial charge in [-0.15, -0.1) is 11.3 Å². The number of hydrogen-bond acceptors (Lipinski definition) is 5. The third kappa shape index (κ3) is 3.13. The van der Waals surface area contributed by atoms with E-state index in [0.717, 1.165) is 17.4 Å². The molecule has 1 saturated heterocycles. The van der Waals surface area contributed by atoms with Crippen LogP contribution in [0.5, 0.6) is 5.75 Å². The molecule has 2 aliphatic rings.